The van der Waals surface area contributed by atoms with Gasteiger partial charge >= 0.3 is 0 Å². The number of carbonyl (C=O) groups excluding carboxylic acids is 1. The van der Waals surface area contributed by atoms with Crippen LogP contribution in [0.2, 0.25) is 0 Å². The molecule has 1 rings (SSSR count). The highest BCUT2D eigenvalue weighted by Crippen LogP contribution is 2.13. The maximum atomic E-state index is 12.0. The molecule has 19 heavy (non-hydrogen) atoms. The zero-order chi connectivity index (χ0) is 14.4. The van der Waals surface area contributed by atoms with E-state index in [9.17, 15) is 4.79 Å². The third-order valence-corrected chi connectivity index (χ3v) is 3.91. The Morgan fingerprint density at radius 3 is 2.74 bits per heavy atom. The number of carbonyl (C=O) groups is 1. The van der Waals surface area contributed by atoms with E-state index in [-0.39, 0.29) is 5.91 Å². The average molecular weight is 300 g/mol. The fourth-order valence-corrected chi connectivity index (χ4v) is 2.48. The molecule has 0 fully saturated rings. The first-order chi connectivity index (χ1) is 8.90. The molecule has 0 saturated carbocycles. The van der Waals surface area contributed by atoms with E-state index >= 15 is 0 Å². The summed E-state index contributed by atoms with van der Waals surface area (Å²) in [7, 11) is 3.70. The Hall–Kier alpha value is -1.05. The van der Waals surface area contributed by atoms with Crippen molar-refractivity contribution in [2.75, 3.05) is 27.2 Å². The van der Waals surface area contributed by atoms with E-state index < -0.39 is 0 Å². The van der Waals surface area contributed by atoms with Crippen molar-refractivity contribution in [2.24, 2.45) is 5.73 Å². The number of nitrogens with zero attached hydrogens (tertiary/aromatic N) is 3. The lowest BCUT2D eigenvalue weighted by molar-refractivity contribution is -0.130. The minimum Gasteiger partial charge on any atom is -0.393 e. The molecule has 5 nitrogen and oxygen atoms in total. The van der Waals surface area contributed by atoms with Crippen molar-refractivity contribution in [3.63, 3.8) is 0 Å². The molecule has 1 aromatic rings. The fourth-order valence-electron chi connectivity index (χ4n) is 1.53. The molecule has 106 valence electrons. The molecular weight excluding hydrogens is 280 g/mol. The topological polar surface area (TPSA) is 62.5 Å². The van der Waals surface area contributed by atoms with Crippen molar-refractivity contribution in [1.82, 2.24) is 14.8 Å². The molecule has 1 heterocycles. The zero-order valence-corrected chi connectivity index (χ0v) is 13.2. The normalized spacial score (nSPS) is 10.7. The Bertz CT molecular complexity index is 447. The Labute approximate surface area is 123 Å². The number of aromatic nitrogens is 1. The van der Waals surface area contributed by atoms with Crippen LogP contribution in [-0.2, 0) is 11.3 Å². The molecule has 0 aromatic carbocycles. The molecule has 0 bridgehead atoms. The van der Waals surface area contributed by atoms with E-state index in [1.807, 2.05) is 24.4 Å². The molecule has 0 aliphatic heterocycles. The Morgan fingerprint density at radius 1 is 1.53 bits per heavy atom. The summed E-state index contributed by atoms with van der Waals surface area (Å²) in [4.78, 5) is 21.5. The van der Waals surface area contributed by atoms with Crippen molar-refractivity contribution in [3.05, 3.63) is 16.1 Å². The van der Waals surface area contributed by atoms with Crippen molar-refractivity contribution >= 4 is 34.5 Å². The maximum Gasteiger partial charge on any atom is 0.236 e. The zero-order valence-electron chi connectivity index (χ0n) is 11.5. The van der Waals surface area contributed by atoms with Gasteiger partial charge in [0.1, 0.15) is 0 Å². The first-order valence-corrected chi connectivity index (χ1v) is 7.28. The minimum absolute atomic E-state index is 0.0703. The van der Waals surface area contributed by atoms with Crippen molar-refractivity contribution in [2.45, 2.75) is 19.9 Å². The van der Waals surface area contributed by atoms with Gasteiger partial charge in [-0.2, -0.15) is 0 Å². The average Bonchev–Trinajstić information content (AvgIpc) is 2.71. The van der Waals surface area contributed by atoms with Gasteiger partial charge in [0.25, 0.3) is 0 Å². The summed E-state index contributed by atoms with van der Waals surface area (Å²) >= 11 is 6.42. The Balaban J connectivity index is 2.39. The van der Waals surface area contributed by atoms with Crippen LogP contribution in [0.5, 0.6) is 0 Å². The van der Waals surface area contributed by atoms with Gasteiger partial charge in [0, 0.05) is 31.4 Å². The summed E-state index contributed by atoms with van der Waals surface area (Å²) in [5, 5.41) is 0. The van der Waals surface area contributed by atoms with Gasteiger partial charge in [-0.15, -0.1) is 11.3 Å². The van der Waals surface area contributed by atoms with Crippen LogP contribution in [0.4, 0.5) is 0 Å². The molecule has 0 aliphatic carbocycles. The van der Waals surface area contributed by atoms with E-state index in [0.717, 1.165) is 12.2 Å². The second kappa shape index (κ2) is 7.52. The molecular formula is C12H20N4OS2. The second-order valence-electron chi connectivity index (χ2n) is 4.56. The Morgan fingerprint density at radius 2 is 2.21 bits per heavy atom. The number of nitrogens with two attached hydrogens (primary N) is 1. The maximum absolute atomic E-state index is 12.0. The number of thiocarbonyl (C=S) groups is 1. The molecule has 7 heteroatoms. The second-order valence-corrected chi connectivity index (χ2v) is 6.03. The fraction of sp³-hybridized carbons (Fsp3) is 0.583. The standard InChI is InChI=1S/C12H20N4OS2/c1-9-10(19-8-14-9)6-15(2)7-12(17)16(3)5-4-11(13)18/h8H,4-7H2,1-3H3,(H2,13,18). The van der Waals surface area contributed by atoms with Crippen molar-refractivity contribution in [1.29, 1.82) is 0 Å². The number of hydrogen-bond donors (Lipinski definition) is 1. The lowest BCUT2D eigenvalue weighted by Crippen LogP contribution is -2.37. The van der Waals surface area contributed by atoms with E-state index in [0.29, 0.717) is 24.5 Å². The van der Waals surface area contributed by atoms with Gasteiger partial charge < -0.3 is 10.6 Å². The van der Waals surface area contributed by atoms with Crippen LogP contribution in [0.1, 0.15) is 17.0 Å². The van der Waals surface area contributed by atoms with Gasteiger partial charge in [0.2, 0.25) is 5.91 Å². The summed E-state index contributed by atoms with van der Waals surface area (Å²) in [6.45, 7) is 3.67. The molecule has 0 spiro atoms. The summed E-state index contributed by atoms with van der Waals surface area (Å²) in [5.41, 5.74) is 8.29. The highest BCUT2D eigenvalue weighted by atomic mass is 32.1. The number of amides is 1. The number of hydrogen-bond acceptors (Lipinski definition) is 5. The molecule has 1 aromatic heterocycles. The van der Waals surface area contributed by atoms with Crippen LogP contribution in [-0.4, -0.2) is 52.9 Å². The Kier molecular flexibility index (Phi) is 6.33. The summed E-state index contributed by atoms with van der Waals surface area (Å²) in [6, 6.07) is 0. The number of aryl methyl sites for hydroxylation is 1. The van der Waals surface area contributed by atoms with Gasteiger partial charge in [0.05, 0.1) is 22.7 Å². The lowest BCUT2D eigenvalue weighted by atomic mass is 10.3. The molecule has 0 saturated heterocycles. The van der Waals surface area contributed by atoms with E-state index in [2.05, 4.69) is 4.98 Å². The van der Waals surface area contributed by atoms with Crippen LogP contribution < -0.4 is 5.73 Å². The van der Waals surface area contributed by atoms with Gasteiger partial charge in [-0.1, -0.05) is 12.2 Å². The van der Waals surface area contributed by atoms with Gasteiger partial charge in [-0.3, -0.25) is 9.69 Å². The quantitative estimate of drug-likeness (QED) is 0.762. The largest absolute Gasteiger partial charge is 0.393 e. The lowest BCUT2D eigenvalue weighted by Gasteiger charge is -2.21. The van der Waals surface area contributed by atoms with Crippen LogP contribution in [0.25, 0.3) is 0 Å². The molecule has 0 unspecified atom stereocenters. The van der Waals surface area contributed by atoms with E-state index in [4.69, 9.17) is 18.0 Å². The predicted molar refractivity (Wildman–Crippen MR) is 82.2 cm³/mol. The van der Waals surface area contributed by atoms with E-state index in [1.54, 1.807) is 23.3 Å². The molecule has 0 aliphatic rings. The number of rotatable bonds is 7. The minimum atomic E-state index is 0.0703. The molecule has 2 N–H and O–H groups in total. The number of thiazole rings is 1. The van der Waals surface area contributed by atoms with Crippen LogP contribution in [0.15, 0.2) is 5.51 Å². The van der Waals surface area contributed by atoms with Crippen LogP contribution in [0.3, 0.4) is 0 Å². The first-order valence-electron chi connectivity index (χ1n) is 6.00. The van der Waals surface area contributed by atoms with Crippen LogP contribution in [0, 0.1) is 6.92 Å². The van der Waals surface area contributed by atoms with Gasteiger partial charge in [-0.05, 0) is 14.0 Å². The third-order valence-electron chi connectivity index (χ3n) is 2.78. The summed E-state index contributed by atoms with van der Waals surface area (Å²) < 4.78 is 0. The summed E-state index contributed by atoms with van der Waals surface area (Å²) in [6.07, 6.45) is 0.565. The first kappa shape index (κ1) is 16.0. The highest BCUT2D eigenvalue weighted by Gasteiger charge is 2.13. The van der Waals surface area contributed by atoms with Gasteiger partial charge in [-0.25, -0.2) is 4.98 Å². The van der Waals surface area contributed by atoms with E-state index in [1.165, 1.54) is 4.88 Å². The molecule has 0 atom stereocenters. The third kappa shape index (κ3) is 5.63. The smallest absolute Gasteiger partial charge is 0.236 e. The number of likely N-dealkylation sites (N-methyl/N-ethyl adjacent to an activating group) is 2. The van der Waals surface area contributed by atoms with Gasteiger partial charge in [0.15, 0.2) is 0 Å². The summed E-state index contributed by atoms with van der Waals surface area (Å²) in [5.74, 6) is 0.0703. The predicted octanol–water partition coefficient (Wildman–Crippen LogP) is 1.02. The van der Waals surface area contributed by atoms with Crippen molar-refractivity contribution in [3.8, 4) is 0 Å². The van der Waals surface area contributed by atoms with Crippen molar-refractivity contribution < 1.29 is 4.79 Å². The van der Waals surface area contributed by atoms with Crippen LogP contribution >= 0.6 is 23.6 Å². The molecule has 1 amide bonds. The molecule has 0 radical (unpaired) electrons. The SMILES string of the molecule is Cc1ncsc1CN(C)CC(=O)N(C)CCC(N)=S. The highest BCUT2D eigenvalue weighted by molar-refractivity contribution is 7.80. The monoisotopic (exact) mass is 300 g/mol.